The number of imide groups is 1. The third-order valence-corrected chi connectivity index (χ3v) is 7.53. The number of fused-ring (bicyclic) bond motifs is 4. The van der Waals surface area contributed by atoms with E-state index in [-0.39, 0.29) is 11.7 Å². The van der Waals surface area contributed by atoms with E-state index in [0.29, 0.717) is 23.4 Å². The minimum atomic E-state index is -1.58. The zero-order chi connectivity index (χ0) is 25.4. The van der Waals surface area contributed by atoms with Crippen LogP contribution in [0.5, 0.6) is 5.75 Å². The minimum absolute atomic E-state index is 0.111. The molecule has 2 fully saturated rings. The summed E-state index contributed by atoms with van der Waals surface area (Å²) in [7, 11) is 0. The number of hydrogen-bond donors (Lipinski definition) is 3. The lowest BCUT2D eigenvalue weighted by molar-refractivity contribution is -0.130. The Labute approximate surface area is 206 Å². The van der Waals surface area contributed by atoms with Crippen LogP contribution in [0.2, 0.25) is 0 Å². The van der Waals surface area contributed by atoms with Crippen molar-refractivity contribution in [2.24, 2.45) is 11.8 Å². The third-order valence-electron chi connectivity index (χ3n) is 7.53. The summed E-state index contributed by atoms with van der Waals surface area (Å²) < 4.78 is 14.4. The summed E-state index contributed by atoms with van der Waals surface area (Å²) in [6, 6.07) is 15.5. The van der Waals surface area contributed by atoms with Crippen molar-refractivity contribution in [3.05, 3.63) is 88.7 Å². The quantitative estimate of drug-likeness (QED) is 0.495. The van der Waals surface area contributed by atoms with E-state index in [2.05, 4.69) is 10.6 Å². The summed E-state index contributed by atoms with van der Waals surface area (Å²) in [5.41, 5.74) is 2.27. The second kappa shape index (κ2) is 7.73. The minimum Gasteiger partial charge on any atom is -0.508 e. The molecule has 0 radical (unpaired) electrons. The van der Waals surface area contributed by atoms with Crippen LogP contribution in [-0.2, 0) is 26.3 Å². The summed E-state index contributed by atoms with van der Waals surface area (Å²) in [4.78, 5) is 42.7. The van der Waals surface area contributed by atoms with Crippen molar-refractivity contribution < 1.29 is 23.9 Å². The molecule has 3 aromatic carbocycles. The first-order chi connectivity index (χ1) is 17.2. The lowest BCUT2D eigenvalue weighted by atomic mass is 9.76. The molecule has 8 heteroatoms. The molecule has 2 saturated heterocycles. The van der Waals surface area contributed by atoms with Crippen molar-refractivity contribution in [1.29, 1.82) is 0 Å². The summed E-state index contributed by atoms with van der Waals surface area (Å²) >= 11 is 0. The topological polar surface area (TPSA) is 98.7 Å². The molecule has 3 N–H and O–H groups in total. The van der Waals surface area contributed by atoms with Crippen LogP contribution >= 0.6 is 0 Å². The smallest absolute Gasteiger partial charge is 0.250 e. The fourth-order valence-electron chi connectivity index (χ4n) is 6.17. The molecule has 0 aromatic heterocycles. The van der Waals surface area contributed by atoms with E-state index < -0.39 is 41.0 Å². The van der Waals surface area contributed by atoms with Crippen molar-refractivity contribution in [3.8, 4) is 5.75 Å². The Bertz CT molecular complexity index is 1430. The molecule has 6 rings (SSSR count). The van der Waals surface area contributed by atoms with E-state index in [9.17, 15) is 23.9 Å². The number of anilines is 2. The highest BCUT2D eigenvalue weighted by atomic mass is 19.1. The highest BCUT2D eigenvalue weighted by Crippen LogP contribution is 2.54. The van der Waals surface area contributed by atoms with E-state index >= 15 is 0 Å². The van der Waals surface area contributed by atoms with Crippen molar-refractivity contribution >= 4 is 29.1 Å². The monoisotopic (exact) mass is 485 g/mol. The first kappa shape index (κ1) is 22.4. The Morgan fingerprint density at radius 3 is 2.33 bits per heavy atom. The maximum atomic E-state index is 14.4. The van der Waals surface area contributed by atoms with Gasteiger partial charge in [-0.15, -0.1) is 0 Å². The van der Waals surface area contributed by atoms with E-state index in [1.54, 1.807) is 36.4 Å². The molecule has 36 heavy (non-hydrogen) atoms. The van der Waals surface area contributed by atoms with Crippen molar-refractivity contribution in [2.75, 3.05) is 10.2 Å². The van der Waals surface area contributed by atoms with E-state index in [4.69, 9.17) is 0 Å². The van der Waals surface area contributed by atoms with Crippen LogP contribution in [0.3, 0.4) is 0 Å². The number of nitrogens with zero attached hydrogens (tertiary/aromatic N) is 1. The van der Waals surface area contributed by atoms with Gasteiger partial charge in [-0.05, 0) is 79.4 Å². The number of phenols is 1. The van der Waals surface area contributed by atoms with Gasteiger partial charge in [0.05, 0.1) is 17.5 Å². The van der Waals surface area contributed by atoms with Crippen molar-refractivity contribution in [3.63, 3.8) is 0 Å². The average Bonchev–Trinajstić information content (AvgIpc) is 3.39. The van der Waals surface area contributed by atoms with Gasteiger partial charge < -0.3 is 10.4 Å². The number of nitrogens with one attached hydrogen (secondary N) is 2. The second-order valence-electron chi connectivity index (χ2n) is 9.93. The number of aryl methyl sites for hydroxylation is 2. The van der Waals surface area contributed by atoms with Gasteiger partial charge in [0, 0.05) is 17.3 Å². The number of amides is 3. The maximum absolute atomic E-state index is 14.4. The number of benzene rings is 3. The van der Waals surface area contributed by atoms with Gasteiger partial charge >= 0.3 is 0 Å². The van der Waals surface area contributed by atoms with Crippen LogP contribution in [0.25, 0.3) is 0 Å². The maximum Gasteiger partial charge on any atom is 0.250 e. The van der Waals surface area contributed by atoms with Gasteiger partial charge in [-0.3, -0.25) is 19.7 Å². The number of hydrogen-bond acceptors (Lipinski definition) is 5. The second-order valence-corrected chi connectivity index (χ2v) is 9.93. The molecular formula is C28H24FN3O4. The fourth-order valence-corrected chi connectivity index (χ4v) is 6.17. The lowest BCUT2D eigenvalue weighted by Gasteiger charge is -2.29. The zero-order valence-corrected chi connectivity index (χ0v) is 19.7. The Kier molecular flexibility index (Phi) is 4.82. The molecule has 3 amide bonds. The molecule has 7 nitrogen and oxygen atoms in total. The number of carbonyl (C=O) groups is 3. The number of carbonyl (C=O) groups excluding carboxylic acids is 3. The van der Waals surface area contributed by atoms with E-state index in [0.717, 1.165) is 16.7 Å². The molecule has 0 saturated carbocycles. The molecule has 3 aliphatic rings. The van der Waals surface area contributed by atoms with Crippen LogP contribution < -0.4 is 15.5 Å². The third kappa shape index (κ3) is 3.10. The molecule has 4 unspecified atom stereocenters. The highest BCUT2D eigenvalue weighted by molar-refractivity contribution is 6.25. The predicted molar refractivity (Wildman–Crippen MR) is 131 cm³/mol. The van der Waals surface area contributed by atoms with Gasteiger partial charge in [-0.2, -0.15) is 0 Å². The molecule has 0 aliphatic carbocycles. The van der Waals surface area contributed by atoms with Crippen molar-refractivity contribution in [2.45, 2.75) is 31.8 Å². The molecular weight excluding hydrogens is 461 g/mol. The first-order valence-electron chi connectivity index (χ1n) is 11.8. The van der Waals surface area contributed by atoms with Crippen LogP contribution in [0, 0.1) is 31.5 Å². The van der Waals surface area contributed by atoms with E-state index in [1.165, 1.54) is 23.1 Å². The molecule has 3 aromatic rings. The summed E-state index contributed by atoms with van der Waals surface area (Å²) in [6.07, 6.45) is 0.334. The molecule has 0 bridgehead atoms. The Hall–Kier alpha value is -4.04. The molecule has 3 heterocycles. The summed E-state index contributed by atoms with van der Waals surface area (Å²) in [5.74, 6) is -3.66. The fraction of sp³-hybridized carbons (Fsp3) is 0.250. The zero-order valence-electron chi connectivity index (χ0n) is 19.7. The summed E-state index contributed by atoms with van der Waals surface area (Å²) in [5, 5.41) is 15.8. The standard InChI is InChI=1S/C28H24FN3O4/c1-14-9-15(2)11-18(10-14)32-25(34)23-22(12-16-3-6-19(33)7-4-16)31-28(24(23)26(32)35)20-13-17(29)5-8-21(20)30-27(28)36/h3-11,13,22-24,31,33H,12H2,1-2H3,(H,30,36). The molecule has 1 spiro atoms. The van der Waals surface area contributed by atoms with E-state index in [1.807, 2.05) is 19.9 Å². The van der Waals surface area contributed by atoms with Gasteiger partial charge in [0.1, 0.15) is 17.1 Å². The van der Waals surface area contributed by atoms with Gasteiger partial charge in [0.25, 0.3) is 0 Å². The van der Waals surface area contributed by atoms with Gasteiger partial charge in [0.2, 0.25) is 17.7 Å². The molecule has 4 atom stereocenters. The normalized spacial score (nSPS) is 26.5. The Morgan fingerprint density at radius 1 is 0.944 bits per heavy atom. The number of aromatic hydroxyl groups is 1. The summed E-state index contributed by atoms with van der Waals surface area (Å²) in [6.45, 7) is 3.78. The van der Waals surface area contributed by atoms with Crippen LogP contribution in [-0.4, -0.2) is 28.9 Å². The van der Waals surface area contributed by atoms with Gasteiger partial charge in [0.15, 0.2) is 0 Å². The SMILES string of the molecule is Cc1cc(C)cc(N2C(=O)C3C(Cc4ccc(O)cc4)NC4(C(=O)Nc5ccc(F)cc54)C3C2=O)c1. The number of halogens is 1. The Morgan fingerprint density at radius 2 is 1.64 bits per heavy atom. The number of rotatable bonds is 3. The van der Waals surface area contributed by atoms with Gasteiger partial charge in [-0.25, -0.2) is 9.29 Å². The lowest BCUT2D eigenvalue weighted by Crippen LogP contribution is -2.53. The molecule has 182 valence electrons. The predicted octanol–water partition coefficient (Wildman–Crippen LogP) is 3.32. The number of phenolic OH excluding ortho intramolecular Hbond substituents is 1. The Balaban J connectivity index is 1.51. The average molecular weight is 486 g/mol. The highest BCUT2D eigenvalue weighted by Gasteiger charge is 2.70. The van der Waals surface area contributed by atoms with Crippen molar-refractivity contribution in [1.82, 2.24) is 5.32 Å². The van der Waals surface area contributed by atoms with Crippen LogP contribution in [0.4, 0.5) is 15.8 Å². The van der Waals surface area contributed by atoms with Crippen LogP contribution in [0.1, 0.15) is 22.3 Å². The largest absolute Gasteiger partial charge is 0.508 e. The van der Waals surface area contributed by atoms with Crippen LogP contribution in [0.15, 0.2) is 60.7 Å². The molecule has 3 aliphatic heterocycles. The first-order valence-corrected chi connectivity index (χ1v) is 11.8. The van der Waals surface area contributed by atoms with Gasteiger partial charge in [-0.1, -0.05) is 18.2 Å².